The quantitative estimate of drug-likeness (QED) is 0.900. The lowest BCUT2D eigenvalue weighted by molar-refractivity contribution is 0.187. The minimum atomic E-state index is 0.609. The molecule has 0 spiro atoms. The van der Waals surface area contributed by atoms with Crippen molar-refractivity contribution in [3.8, 4) is 0 Å². The van der Waals surface area contributed by atoms with Crippen LogP contribution in [0.1, 0.15) is 35.4 Å². The van der Waals surface area contributed by atoms with Crippen LogP contribution >= 0.6 is 11.6 Å². The van der Waals surface area contributed by atoms with Gasteiger partial charge in [0.1, 0.15) is 0 Å². The number of piperidine rings is 1. The van der Waals surface area contributed by atoms with Gasteiger partial charge in [-0.1, -0.05) is 29.8 Å². The number of likely N-dealkylation sites (N-methyl/N-ethyl adjacent to an activating group) is 1. The molecule has 1 aliphatic heterocycles. The van der Waals surface area contributed by atoms with Crippen LogP contribution in [-0.2, 0) is 13.1 Å². The van der Waals surface area contributed by atoms with Gasteiger partial charge in [0.15, 0.2) is 0 Å². The number of benzene rings is 1. The standard InChI is InChI=1S/C19H27ClN4/c1-14-18(13-23-10-6-8-17(12-23)21-3)15(2)24(22-14)11-16-7-4-5-9-19(16)20/h4-5,7,9,17,21H,6,8,10-13H2,1-3H3. The van der Waals surface area contributed by atoms with E-state index in [1.54, 1.807) is 0 Å². The molecule has 5 heteroatoms. The number of nitrogens with zero attached hydrogens (tertiary/aromatic N) is 3. The molecule has 4 nitrogen and oxygen atoms in total. The number of likely N-dealkylation sites (tertiary alicyclic amines) is 1. The van der Waals surface area contributed by atoms with Gasteiger partial charge in [-0.25, -0.2) is 0 Å². The van der Waals surface area contributed by atoms with Crippen LogP contribution in [0.2, 0.25) is 5.02 Å². The van der Waals surface area contributed by atoms with Gasteiger partial charge in [0.25, 0.3) is 0 Å². The first-order chi connectivity index (χ1) is 11.6. The van der Waals surface area contributed by atoms with Crippen molar-refractivity contribution < 1.29 is 0 Å². The van der Waals surface area contributed by atoms with Gasteiger partial charge >= 0.3 is 0 Å². The summed E-state index contributed by atoms with van der Waals surface area (Å²) in [6.45, 7) is 8.29. The van der Waals surface area contributed by atoms with Crippen molar-refractivity contribution in [2.24, 2.45) is 0 Å². The highest BCUT2D eigenvalue weighted by atomic mass is 35.5. The third kappa shape index (κ3) is 3.82. The summed E-state index contributed by atoms with van der Waals surface area (Å²) in [7, 11) is 2.06. The topological polar surface area (TPSA) is 33.1 Å². The Morgan fingerprint density at radius 1 is 1.25 bits per heavy atom. The van der Waals surface area contributed by atoms with E-state index in [0.717, 1.165) is 35.9 Å². The third-order valence-corrected chi connectivity index (χ3v) is 5.47. The molecule has 0 radical (unpaired) electrons. The summed E-state index contributed by atoms with van der Waals surface area (Å²) in [6.07, 6.45) is 2.54. The highest BCUT2D eigenvalue weighted by Crippen LogP contribution is 2.22. The van der Waals surface area contributed by atoms with E-state index >= 15 is 0 Å². The second-order valence-corrected chi connectivity index (χ2v) is 7.17. The van der Waals surface area contributed by atoms with Crippen molar-refractivity contribution in [3.63, 3.8) is 0 Å². The lowest BCUT2D eigenvalue weighted by atomic mass is 10.0. The maximum atomic E-state index is 6.30. The van der Waals surface area contributed by atoms with Gasteiger partial charge in [0.05, 0.1) is 12.2 Å². The second-order valence-electron chi connectivity index (χ2n) is 6.76. The lowest BCUT2D eigenvalue weighted by Gasteiger charge is -2.32. The predicted octanol–water partition coefficient (Wildman–Crippen LogP) is 3.39. The van der Waals surface area contributed by atoms with Crippen LogP contribution in [0.5, 0.6) is 0 Å². The van der Waals surface area contributed by atoms with Crippen molar-refractivity contribution in [1.82, 2.24) is 20.0 Å². The zero-order valence-corrected chi connectivity index (χ0v) is 15.6. The summed E-state index contributed by atoms with van der Waals surface area (Å²) in [5.41, 5.74) is 4.86. The molecule has 1 N–H and O–H groups in total. The van der Waals surface area contributed by atoms with E-state index in [4.69, 9.17) is 16.7 Å². The first-order valence-corrected chi connectivity index (χ1v) is 9.12. The zero-order valence-electron chi connectivity index (χ0n) is 14.8. The Hall–Kier alpha value is -1.36. The number of nitrogens with one attached hydrogen (secondary N) is 1. The molecule has 1 saturated heterocycles. The summed E-state index contributed by atoms with van der Waals surface area (Å²) in [6, 6.07) is 8.61. The van der Waals surface area contributed by atoms with Crippen LogP contribution < -0.4 is 5.32 Å². The molecular formula is C19H27ClN4. The molecular weight excluding hydrogens is 320 g/mol. The monoisotopic (exact) mass is 346 g/mol. The molecule has 24 heavy (non-hydrogen) atoms. The highest BCUT2D eigenvalue weighted by molar-refractivity contribution is 6.31. The van der Waals surface area contributed by atoms with E-state index in [1.165, 1.54) is 30.6 Å². The summed E-state index contributed by atoms with van der Waals surface area (Å²) >= 11 is 6.30. The number of aromatic nitrogens is 2. The Morgan fingerprint density at radius 2 is 2.04 bits per heavy atom. The minimum absolute atomic E-state index is 0.609. The van der Waals surface area contributed by atoms with Gasteiger partial charge in [-0.2, -0.15) is 5.10 Å². The number of hydrogen-bond acceptors (Lipinski definition) is 3. The Morgan fingerprint density at radius 3 is 2.79 bits per heavy atom. The van der Waals surface area contributed by atoms with Crippen LogP contribution in [-0.4, -0.2) is 40.9 Å². The fraction of sp³-hybridized carbons (Fsp3) is 0.526. The summed E-state index contributed by atoms with van der Waals surface area (Å²) in [5.74, 6) is 0. The van der Waals surface area contributed by atoms with Crippen molar-refractivity contribution >= 4 is 11.6 Å². The minimum Gasteiger partial charge on any atom is -0.316 e. The van der Waals surface area contributed by atoms with E-state index in [0.29, 0.717) is 6.04 Å². The SMILES string of the molecule is CNC1CCCN(Cc2c(C)nn(Cc3ccccc3Cl)c2C)C1. The van der Waals surface area contributed by atoms with Crippen LogP contribution in [0.15, 0.2) is 24.3 Å². The first-order valence-electron chi connectivity index (χ1n) is 8.74. The van der Waals surface area contributed by atoms with E-state index in [2.05, 4.69) is 41.9 Å². The van der Waals surface area contributed by atoms with Crippen molar-refractivity contribution in [3.05, 3.63) is 51.8 Å². The Bertz CT molecular complexity index is 695. The number of halogens is 1. The van der Waals surface area contributed by atoms with Crippen molar-refractivity contribution in [2.75, 3.05) is 20.1 Å². The van der Waals surface area contributed by atoms with Crippen LogP contribution in [0.4, 0.5) is 0 Å². The van der Waals surface area contributed by atoms with Gasteiger partial charge in [-0.3, -0.25) is 9.58 Å². The molecule has 1 atom stereocenters. The fourth-order valence-electron chi connectivity index (χ4n) is 3.56. The van der Waals surface area contributed by atoms with E-state index in [-0.39, 0.29) is 0 Å². The molecule has 2 heterocycles. The molecule has 1 unspecified atom stereocenters. The number of rotatable bonds is 5. The summed E-state index contributed by atoms with van der Waals surface area (Å²) in [5, 5.41) is 8.99. The van der Waals surface area contributed by atoms with Gasteiger partial charge in [-0.05, 0) is 51.9 Å². The maximum Gasteiger partial charge on any atom is 0.0677 e. The Balaban J connectivity index is 1.76. The summed E-state index contributed by atoms with van der Waals surface area (Å²) < 4.78 is 2.09. The van der Waals surface area contributed by atoms with Gasteiger partial charge in [0.2, 0.25) is 0 Å². The molecule has 1 aromatic heterocycles. The molecule has 1 aliphatic rings. The molecule has 2 aromatic rings. The maximum absolute atomic E-state index is 6.30. The smallest absolute Gasteiger partial charge is 0.0677 e. The Labute approximate surface area is 149 Å². The van der Waals surface area contributed by atoms with E-state index in [1.807, 2.05) is 18.2 Å². The molecule has 1 aromatic carbocycles. The molecule has 0 saturated carbocycles. The molecule has 1 fully saturated rings. The normalized spacial score (nSPS) is 18.9. The third-order valence-electron chi connectivity index (χ3n) is 5.10. The average Bonchev–Trinajstić information content (AvgIpc) is 2.85. The Kier molecular flexibility index (Phi) is 5.59. The first kappa shape index (κ1) is 17.5. The second kappa shape index (κ2) is 7.68. The van der Waals surface area contributed by atoms with Crippen molar-refractivity contribution in [2.45, 2.75) is 45.8 Å². The van der Waals surface area contributed by atoms with Gasteiger partial charge in [-0.15, -0.1) is 0 Å². The van der Waals surface area contributed by atoms with Gasteiger partial charge in [0, 0.05) is 35.4 Å². The predicted molar refractivity (Wildman–Crippen MR) is 99.6 cm³/mol. The van der Waals surface area contributed by atoms with Gasteiger partial charge < -0.3 is 5.32 Å². The zero-order chi connectivity index (χ0) is 17.1. The lowest BCUT2D eigenvalue weighted by Crippen LogP contribution is -2.44. The molecule has 0 bridgehead atoms. The van der Waals surface area contributed by atoms with Crippen LogP contribution in [0.3, 0.4) is 0 Å². The molecule has 3 rings (SSSR count). The molecule has 0 amide bonds. The number of aryl methyl sites for hydroxylation is 1. The summed E-state index contributed by atoms with van der Waals surface area (Å²) in [4.78, 5) is 2.54. The van der Waals surface area contributed by atoms with Crippen LogP contribution in [0.25, 0.3) is 0 Å². The largest absolute Gasteiger partial charge is 0.316 e. The molecule has 0 aliphatic carbocycles. The highest BCUT2D eigenvalue weighted by Gasteiger charge is 2.21. The number of hydrogen-bond donors (Lipinski definition) is 1. The van der Waals surface area contributed by atoms with E-state index < -0.39 is 0 Å². The molecule has 130 valence electrons. The van der Waals surface area contributed by atoms with E-state index in [9.17, 15) is 0 Å². The van der Waals surface area contributed by atoms with Crippen LogP contribution in [0, 0.1) is 13.8 Å². The average molecular weight is 347 g/mol. The van der Waals surface area contributed by atoms with Crippen molar-refractivity contribution in [1.29, 1.82) is 0 Å². The fourth-order valence-corrected chi connectivity index (χ4v) is 3.76.